The number of carbonyl (C=O) groups is 3. The average molecular weight is 452 g/mol. The Morgan fingerprint density at radius 2 is 1.97 bits per heavy atom. The van der Waals surface area contributed by atoms with Crippen molar-refractivity contribution < 1.29 is 19.1 Å². The number of hydrogen-bond donors (Lipinski definition) is 2. The van der Waals surface area contributed by atoms with E-state index >= 15 is 0 Å². The SMILES string of the molecule is CSc1ccc(C2NC(=O)N(CC(=O)Nc3cccc(C(C)C)c3)C3=C2C(=O)OC3)cc1. The van der Waals surface area contributed by atoms with Crippen LogP contribution in [0.25, 0.3) is 0 Å². The number of nitrogens with zero attached hydrogens (tertiary/aromatic N) is 1. The summed E-state index contributed by atoms with van der Waals surface area (Å²) in [4.78, 5) is 40.5. The largest absolute Gasteiger partial charge is 0.456 e. The van der Waals surface area contributed by atoms with Gasteiger partial charge in [-0.15, -0.1) is 11.8 Å². The Hall–Kier alpha value is -3.26. The zero-order valence-corrected chi connectivity index (χ0v) is 19.0. The van der Waals surface area contributed by atoms with E-state index in [4.69, 9.17) is 4.74 Å². The van der Waals surface area contributed by atoms with Gasteiger partial charge in [0, 0.05) is 10.6 Å². The lowest BCUT2D eigenvalue weighted by molar-refractivity contribution is -0.136. The number of nitrogens with one attached hydrogen (secondary N) is 2. The van der Waals surface area contributed by atoms with Crippen molar-refractivity contribution in [3.8, 4) is 0 Å². The predicted octanol–water partition coefficient (Wildman–Crippen LogP) is 4.05. The van der Waals surface area contributed by atoms with Crippen molar-refractivity contribution in [2.45, 2.75) is 30.7 Å². The van der Waals surface area contributed by atoms with E-state index in [-0.39, 0.29) is 19.1 Å². The second kappa shape index (κ2) is 9.08. The third kappa shape index (κ3) is 4.36. The molecule has 0 saturated carbocycles. The molecule has 2 aromatic rings. The van der Waals surface area contributed by atoms with Gasteiger partial charge in [0.05, 0.1) is 17.3 Å². The van der Waals surface area contributed by atoms with Gasteiger partial charge in [0.2, 0.25) is 5.91 Å². The fourth-order valence-electron chi connectivity index (χ4n) is 3.84. The van der Waals surface area contributed by atoms with Gasteiger partial charge >= 0.3 is 12.0 Å². The minimum absolute atomic E-state index is 0.0307. The van der Waals surface area contributed by atoms with Gasteiger partial charge in [-0.05, 0) is 47.6 Å². The van der Waals surface area contributed by atoms with E-state index in [1.54, 1.807) is 17.8 Å². The van der Waals surface area contributed by atoms with Crippen molar-refractivity contribution in [3.63, 3.8) is 0 Å². The van der Waals surface area contributed by atoms with Crippen LogP contribution in [0.5, 0.6) is 0 Å². The molecule has 2 aliphatic heterocycles. The third-order valence-electron chi connectivity index (χ3n) is 5.59. The molecule has 1 atom stereocenters. The van der Waals surface area contributed by atoms with Gasteiger partial charge < -0.3 is 15.4 Å². The number of amides is 3. The van der Waals surface area contributed by atoms with E-state index in [0.717, 1.165) is 16.0 Å². The lowest BCUT2D eigenvalue weighted by Gasteiger charge is -2.32. The number of esters is 1. The summed E-state index contributed by atoms with van der Waals surface area (Å²) in [5.74, 6) is -0.500. The molecule has 3 amide bonds. The summed E-state index contributed by atoms with van der Waals surface area (Å²) in [7, 11) is 0. The Bertz CT molecular complexity index is 1090. The van der Waals surface area contributed by atoms with Gasteiger partial charge in [-0.1, -0.05) is 38.1 Å². The van der Waals surface area contributed by atoms with Crippen LogP contribution < -0.4 is 10.6 Å². The number of cyclic esters (lactones) is 1. The summed E-state index contributed by atoms with van der Waals surface area (Å²) in [5.41, 5.74) is 3.36. The zero-order chi connectivity index (χ0) is 22.8. The Morgan fingerprint density at radius 1 is 1.22 bits per heavy atom. The number of ether oxygens (including phenoxy) is 1. The smallest absolute Gasteiger partial charge is 0.338 e. The summed E-state index contributed by atoms with van der Waals surface area (Å²) in [5, 5.41) is 5.70. The molecule has 2 heterocycles. The number of urea groups is 1. The van der Waals surface area contributed by atoms with E-state index in [9.17, 15) is 14.4 Å². The lowest BCUT2D eigenvalue weighted by Crippen LogP contribution is -2.49. The molecule has 0 bridgehead atoms. The summed E-state index contributed by atoms with van der Waals surface area (Å²) < 4.78 is 5.23. The summed E-state index contributed by atoms with van der Waals surface area (Å²) in [6, 6.07) is 14.2. The molecule has 0 aromatic heterocycles. The van der Waals surface area contributed by atoms with Gasteiger partial charge in [-0.2, -0.15) is 0 Å². The highest BCUT2D eigenvalue weighted by atomic mass is 32.2. The fourth-order valence-corrected chi connectivity index (χ4v) is 4.25. The van der Waals surface area contributed by atoms with Crippen LogP contribution in [0.3, 0.4) is 0 Å². The Balaban J connectivity index is 1.56. The number of hydrogen-bond acceptors (Lipinski definition) is 5. The highest BCUT2D eigenvalue weighted by Crippen LogP contribution is 2.35. The van der Waals surface area contributed by atoms with E-state index in [1.165, 1.54) is 4.90 Å². The first-order valence-electron chi connectivity index (χ1n) is 10.4. The van der Waals surface area contributed by atoms with Crippen LogP contribution in [-0.4, -0.2) is 42.2 Å². The van der Waals surface area contributed by atoms with Crippen LogP contribution in [0.1, 0.15) is 36.9 Å². The summed E-state index contributed by atoms with van der Waals surface area (Å²) >= 11 is 1.61. The quantitative estimate of drug-likeness (QED) is 0.511. The Labute approximate surface area is 191 Å². The maximum Gasteiger partial charge on any atom is 0.338 e. The molecule has 2 N–H and O–H groups in total. The third-order valence-corrected chi connectivity index (χ3v) is 6.33. The highest BCUT2D eigenvalue weighted by Gasteiger charge is 2.42. The molecule has 2 aliphatic rings. The van der Waals surface area contributed by atoms with Crippen LogP contribution >= 0.6 is 11.8 Å². The molecule has 32 heavy (non-hydrogen) atoms. The molecule has 8 heteroatoms. The second-order valence-corrected chi connectivity index (χ2v) is 8.89. The minimum atomic E-state index is -0.606. The summed E-state index contributed by atoms with van der Waals surface area (Å²) in [6.45, 7) is 3.91. The van der Waals surface area contributed by atoms with Gasteiger partial charge in [0.25, 0.3) is 0 Å². The van der Waals surface area contributed by atoms with Crippen molar-refractivity contribution in [1.82, 2.24) is 10.2 Å². The highest BCUT2D eigenvalue weighted by molar-refractivity contribution is 7.98. The van der Waals surface area contributed by atoms with E-state index in [1.807, 2.05) is 48.7 Å². The Kier molecular flexibility index (Phi) is 6.23. The van der Waals surface area contributed by atoms with Crippen molar-refractivity contribution in [2.24, 2.45) is 0 Å². The lowest BCUT2D eigenvalue weighted by atomic mass is 9.96. The fraction of sp³-hybridized carbons (Fsp3) is 0.292. The van der Waals surface area contributed by atoms with Crippen LogP contribution in [-0.2, 0) is 14.3 Å². The van der Waals surface area contributed by atoms with E-state index in [2.05, 4.69) is 24.5 Å². The van der Waals surface area contributed by atoms with Crippen molar-refractivity contribution >= 4 is 35.4 Å². The van der Waals surface area contributed by atoms with Gasteiger partial charge in [0.1, 0.15) is 13.2 Å². The van der Waals surface area contributed by atoms with Crippen LogP contribution in [0.15, 0.2) is 64.7 Å². The molecule has 2 aromatic carbocycles. The van der Waals surface area contributed by atoms with Gasteiger partial charge in [-0.25, -0.2) is 9.59 Å². The van der Waals surface area contributed by atoms with Crippen LogP contribution in [0.4, 0.5) is 10.5 Å². The molecule has 4 rings (SSSR count). The molecule has 0 radical (unpaired) electrons. The van der Waals surface area contributed by atoms with E-state index in [0.29, 0.717) is 22.9 Å². The average Bonchev–Trinajstić information content (AvgIpc) is 3.17. The van der Waals surface area contributed by atoms with Gasteiger partial charge in [0.15, 0.2) is 0 Å². The monoisotopic (exact) mass is 451 g/mol. The molecule has 166 valence electrons. The predicted molar refractivity (Wildman–Crippen MR) is 123 cm³/mol. The maximum atomic E-state index is 12.9. The molecule has 7 nitrogen and oxygen atoms in total. The molecule has 0 aliphatic carbocycles. The van der Waals surface area contributed by atoms with Crippen LogP contribution in [0.2, 0.25) is 0 Å². The molecular weight excluding hydrogens is 426 g/mol. The molecular formula is C24H25N3O4S. The number of carbonyl (C=O) groups excluding carboxylic acids is 3. The van der Waals surface area contributed by atoms with Crippen molar-refractivity contribution in [2.75, 3.05) is 24.7 Å². The minimum Gasteiger partial charge on any atom is -0.456 e. The normalized spacial score (nSPS) is 17.9. The van der Waals surface area contributed by atoms with Crippen molar-refractivity contribution in [3.05, 3.63) is 70.9 Å². The molecule has 0 spiro atoms. The first-order chi connectivity index (χ1) is 15.4. The van der Waals surface area contributed by atoms with Crippen molar-refractivity contribution in [1.29, 1.82) is 0 Å². The van der Waals surface area contributed by atoms with E-state index < -0.39 is 18.0 Å². The first-order valence-corrected chi connectivity index (χ1v) is 11.6. The topological polar surface area (TPSA) is 87.7 Å². The second-order valence-electron chi connectivity index (χ2n) is 8.01. The number of benzene rings is 2. The Morgan fingerprint density at radius 3 is 2.66 bits per heavy atom. The maximum absolute atomic E-state index is 12.9. The number of rotatable bonds is 6. The number of thioether (sulfide) groups is 1. The molecule has 1 unspecified atom stereocenters. The van der Waals surface area contributed by atoms with Crippen LogP contribution in [0, 0.1) is 0 Å². The summed E-state index contributed by atoms with van der Waals surface area (Å²) in [6.07, 6.45) is 1.98. The molecule has 0 fully saturated rings. The zero-order valence-electron chi connectivity index (χ0n) is 18.2. The standard InChI is InChI=1S/C24H25N3O4S/c1-14(2)16-5-4-6-17(11-16)25-20(28)12-27-19-13-31-23(29)21(19)22(26-24(27)30)15-7-9-18(32-3)10-8-15/h4-11,14,22H,12-13H2,1-3H3,(H,25,28)(H,26,30). The molecule has 0 saturated heterocycles. The van der Waals surface area contributed by atoms with Gasteiger partial charge in [-0.3, -0.25) is 9.69 Å². The number of anilines is 1. The first kappa shape index (κ1) is 22.0.